The van der Waals surface area contributed by atoms with Crippen LogP contribution in [-0.4, -0.2) is 51.4 Å². The molecule has 0 atom stereocenters. The summed E-state index contributed by atoms with van der Waals surface area (Å²) in [4.78, 5) is 2.36. The summed E-state index contributed by atoms with van der Waals surface area (Å²) < 4.78 is 6.87. The standard InChI is InChI=1S/C14H16N6O/c15-4-5-20-14(16-17-18-20)13-3-1-2-12(10-13)11-19-6-8-21-9-7-19/h1-3,10H,5-9,11H2. The van der Waals surface area contributed by atoms with Crippen LogP contribution < -0.4 is 0 Å². The summed E-state index contributed by atoms with van der Waals surface area (Å²) in [6.45, 7) is 4.53. The van der Waals surface area contributed by atoms with Crippen LogP contribution in [0.4, 0.5) is 0 Å². The van der Waals surface area contributed by atoms with Crippen LogP contribution in [0.5, 0.6) is 0 Å². The van der Waals surface area contributed by atoms with Gasteiger partial charge in [-0.25, -0.2) is 4.68 Å². The molecule has 21 heavy (non-hydrogen) atoms. The SMILES string of the molecule is N#CCn1nnnc1-c1cccc(CN2CCOCC2)c1. The van der Waals surface area contributed by atoms with E-state index in [4.69, 9.17) is 10.00 Å². The fraction of sp³-hybridized carbons (Fsp3) is 0.429. The number of morpholine rings is 1. The number of ether oxygens (including phenoxy) is 1. The first-order chi connectivity index (χ1) is 10.4. The van der Waals surface area contributed by atoms with E-state index in [0.717, 1.165) is 38.4 Å². The quantitative estimate of drug-likeness (QED) is 0.822. The molecular weight excluding hydrogens is 268 g/mol. The smallest absolute Gasteiger partial charge is 0.183 e. The number of tetrazole rings is 1. The molecule has 0 unspecified atom stereocenters. The lowest BCUT2D eigenvalue weighted by Gasteiger charge is -2.26. The van der Waals surface area contributed by atoms with Crippen LogP contribution >= 0.6 is 0 Å². The highest BCUT2D eigenvalue weighted by Gasteiger charge is 2.13. The van der Waals surface area contributed by atoms with E-state index in [1.54, 1.807) is 0 Å². The van der Waals surface area contributed by atoms with Crippen molar-refractivity contribution in [1.82, 2.24) is 25.1 Å². The highest BCUT2D eigenvalue weighted by Crippen LogP contribution is 2.18. The van der Waals surface area contributed by atoms with Crippen molar-refractivity contribution in [3.8, 4) is 17.5 Å². The molecule has 2 heterocycles. The van der Waals surface area contributed by atoms with Gasteiger partial charge in [0.05, 0.1) is 19.3 Å². The Bertz CT molecular complexity index is 641. The maximum atomic E-state index is 8.80. The van der Waals surface area contributed by atoms with E-state index < -0.39 is 0 Å². The van der Waals surface area contributed by atoms with E-state index in [1.165, 1.54) is 10.2 Å². The zero-order valence-corrected chi connectivity index (χ0v) is 11.6. The van der Waals surface area contributed by atoms with Gasteiger partial charge in [-0.05, 0) is 22.1 Å². The molecule has 3 rings (SSSR count). The van der Waals surface area contributed by atoms with Crippen molar-refractivity contribution in [3.05, 3.63) is 29.8 Å². The van der Waals surface area contributed by atoms with Crippen LogP contribution in [-0.2, 0) is 17.8 Å². The second-order valence-corrected chi connectivity index (χ2v) is 4.91. The molecule has 0 bridgehead atoms. The molecule has 1 fully saturated rings. The Hall–Kier alpha value is -2.30. The average Bonchev–Trinajstić information content (AvgIpc) is 2.97. The Balaban J connectivity index is 1.79. The molecule has 2 aromatic rings. The van der Waals surface area contributed by atoms with Gasteiger partial charge < -0.3 is 4.74 Å². The predicted molar refractivity (Wildman–Crippen MR) is 75.0 cm³/mol. The number of benzene rings is 1. The highest BCUT2D eigenvalue weighted by atomic mass is 16.5. The van der Waals surface area contributed by atoms with E-state index in [9.17, 15) is 0 Å². The zero-order valence-electron chi connectivity index (χ0n) is 11.6. The molecule has 0 N–H and O–H groups in total. The summed E-state index contributed by atoms with van der Waals surface area (Å²) in [5.41, 5.74) is 2.14. The first-order valence-electron chi connectivity index (χ1n) is 6.89. The monoisotopic (exact) mass is 284 g/mol. The van der Waals surface area contributed by atoms with E-state index in [1.807, 2.05) is 12.1 Å². The lowest BCUT2D eigenvalue weighted by Crippen LogP contribution is -2.35. The van der Waals surface area contributed by atoms with Gasteiger partial charge in [-0.15, -0.1) is 5.10 Å². The van der Waals surface area contributed by atoms with Gasteiger partial charge in [-0.1, -0.05) is 18.2 Å². The molecule has 7 nitrogen and oxygen atoms in total. The molecule has 1 aliphatic rings. The van der Waals surface area contributed by atoms with E-state index in [-0.39, 0.29) is 6.54 Å². The number of aromatic nitrogens is 4. The predicted octanol–water partition coefficient (Wildman–Crippen LogP) is 0.696. The molecule has 0 spiro atoms. The second-order valence-electron chi connectivity index (χ2n) is 4.91. The van der Waals surface area contributed by atoms with Crippen LogP contribution in [0.1, 0.15) is 5.56 Å². The number of hydrogen-bond acceptors (Lipinski definition) is 6. The van der Waals surface area contributed by atoms with Crippen LogP contribution in [0.15, 0.2) is 24.3 Å². The Kier molecular flexibility index (Phi) is 4.19. The fourth-order valence-corrected chi connectivity index (χ4v) is 2.41. The van der Waals surface area contributed by atoms with Crippen LogP contribution in [0, 0.1) is 11.3 Å². The van der Waals surface area contributed by atoms with Crippen molar-refractivity contribution in [2.75, 3.05) is 26.3 Å². The van der Waals surface area contributed by atoms with Crippen LogP contribution in [0.2, 0.25) is 0 Å². The van der Waals surface area contributed by atoms with Gasteiger partial charge >= 0.3 is 0 Å². The molecule has 1 saturated heterocycles. The zero-order chi connectivity index (χ0) is 14.5. The van der Waals surface area contributed by atoms with Crippen molar-refractivity contribution in [2.24, 2.45) is 0 Å². The van der Waals surface area contributed by atoms with Crippen molar-refractivity contribution in [2.45, 2.75) is 13.1 Å². The van der Waals surface area contributed by atoms with Crippen molar-refractivity contribution >= 4 is 0 Å². The molecule has 108 valence electrons. The molecule has 0 amide bonds. The Morgan fingerprint density at radius 2 is 2.14 bits per heavy atom. The topological polar surface area (TPSA) is 79.9 Å². The van der Waals surface area contributed by atoms with Crippen molar-refractivity contribution in [3.63, 3.8) is 0 Å². The Labute approximate surface area is 122 Å². The minimum Gasteiger partial charge on any atom is -0.379 e. The molecule has 1 aromatic heterocycles. The summed E-state index contributed by atoms with van der Waals surface area (Å²) in [5, 5.41) is 20.3. The second kappa shape index (κ2) is 6.43. The van der Waals surface area contributed by atoms with Gasteiger partial charge in [0.15, 0.2) is 5.82 Å². The number of hydrogen-bond donors (Lipinski definition) is 0. The lowest BCUT2D eigenvalue weighted by atomic mass is 10.1. The minimum absolute atomic E-state index is 0.149. The maximum Gasteiger partial charge on any atom is 0.183 e. The van der Waals surface area contributed by atoms with Gasteiger partial charge in [0, 0.05) is 25.2 Å². The molecule has 0 saturated carbocycles. The summed E-state index contributed by atoms with van der Waals surface area (Å²) in [6, 6.07) is 10.2. The first-order valence-corrected chi connectivity index (χ1v) is 6.89. The first kappa shape index (κ1) is 13.7. The molecule has 7 heteroatoms. The summed E-state index contributed by atoms with van der Waals surface area (Å²) in [7, 11) is 0. The molecule has 0 aliphatic carbocycles. The Morgan fingerprint density at radius 1 is 1.29 bits per heavy atom. The van der Waals surface area contributed by atoms with Gasteiger partial charge in [0.1, 0.15) is 6.54 Å². The lowest BCUT2D eigenvalue weighted by molar-refractivity contribution is 0.0342. The molecule has 1 aliphatic heterocycles. The third-order valence-corrected chi connectivity index (χ3v) is 3.45. The number of rotatable bonds is 4. The summed E-state index contributed by atoms with van der Waals surface area (Å²) in [6.07, 6.45) is 0. The summed E-state index contributed by atoms with van der Waals surface area (Å²) >= 11 is 0. The Morgan fingerprint density at radius 3 is 2.95 bits per heavy atom. The van der Waals surface area contributed by atoms with Crippen molar-refractivity contribution in [1.29, 1.82) is 5.26 Å². The van der Waals surface area contributed by atoms with Gasteiger partial charge in [-0.2, -0.15) is 5.26 Å². The van der Waals surface area contributed by atoms with Crippen molar-refractivity contribution < 1.29 is 4.74 Å². The van der Waals surface area contributed by atoms with Gasteiger partial charge in [0.2, 0.25) is 0 Å². The van der Waals surface area contributed by atoms with E-state index in [0.29, 0.717) is 5.82 Å². The number of nitrogens with zero attached hydrogens (tertiary/aromatic N) is 6. The third kappa shape index (κ3) is 3.24. The van der Waals surface area contributed by atoms with E-state index >= 15 is 0 Å². The molecule has 1 aromatic carbocycles. The number of nitriles is 1. The maximum absolute atomic E-state index is 8.80. The molecule has 0 radical (unpaired) electrons. The normalized spacial score (nSPS) is 15.8. The fourth-order valence-electron chi connectivity index (χ4n) is 2.41. The minimum atomic E-state index is 0.149. The average molecular weight is 284 g/mol. The van der Waals surface area contributed by atoms with Gasteiger partial charge in [0.25, 0.3) is 0 Å². The van der Waals surface area contributed by atoms with Crippen LogP contribution in [0.3, 0.4) is 0 Å². The largest absolute Gasteiger partial charge is 0.379 e. The third-order valence-electron chi connectivity index (χ3n) is 3.45. The van der Waals surface area contributed by atoms with Crippen LogP contribution in [0.25, 0.3) is 11.4 Å². The highest BCUT2D eigenvalue weighted by molar-refractivity contribution is 5.55. The molecular formula is C14H16N6O. The van der Waals surface area contributed by atoms with Gasteiger partial charge in [-0.3, -0.25) is 4.90 Å². The summed E-state index contributed by atoms with van der Waals surface area (Å²) in [5.74, 6) is 0.625. The van der Waals surface area contributed by atoms with E-state index in [2.05, 4.69) is 38.6 Å².